The zero-order valence-corrected chi connectivity index (χ0v) is 13.5. The second-order valence-electron chi connectivity index (χ2n) is 4.63. The molecule has 0 aliphatic heterocycles. The third-order valence-electron chi connectivity index (χ3n) is 3.51. The molecule has 0 N–H and O–H groups in total. The molecule has 120 valence electrons. The summed E-state index contributed by atoms with van der Waals surface area (Å²) in [5.74, 6) is 0. The van der Waals surface area contributed by atoms with E-state index < -0.39 is 14.9 Å². The van der Waals surface area contributed by atoms with Gasteiger partial charge in [0.15, 0.2) is 5.52 Å². The van der Waals surface area contributed by atoms with Crippen LogP contribution in [0.15, 0.2) is 23.4 Å². The second-order valence-corrected chi connectivity index (χ2v) is 6.46. The molecule has 1 heterocycles. The molecule has 22 heavy (non-hydrogen) atoms. The van der Waals surface area contributed by atoms with E-state index in [9.17, 15) is 18.5 Å². The van der Waals surface area contributed by atoms with Gasteiger partial charge in [-0.25, -0.2) is 13.4 Å². The first-order valence-corrected chi connectivity index (χ1v) is 8.46. The van der Waals surface area contributed by atoms with Gasteiger partial charge < -0.3 is 4.57 Å². The molecule has 0 atom stereocenters. The number of aromatic nitrogens is 2. The largest absolute Gasteiger partial charge is 0.314 e. The van der Waals surface area contributed by atoms with Gasteiger partial charge in [-0.15, -0.1) is 0 Å². The highest BCUT2D eigenvalue weighted by Gasteiger charge is 2.30. The summed E-state index contributed by atoms with van der Waals surface area (Å²) in [5, 5.41) is 11.0. The van der Waals surface area contributed by atoms with Gasteiger partial charge in [0.2, 0.25) is 5.16 Å². The number of nitrogens with zero attached hydrogens (tertiary/aromatic N) is 4. The number of imidazole rings is 1. The molecule has 1 aromatic heterocycles. The van der Waals surface area contributed by atoms with Crippen molar-refractivity contribution in [2.24, 2.45) is 0 Å². The summed E-state index contributed by atoms with van der Waals surface area (Å²) in [4.78, 5) is 14.6. The minimum Gasteiger partial charge on any atom is -0.314 e. The average Bonchev–Trinajstić information content (AvgIpc) is 2.87. The molecule has 0 bridgehead atoms. The van der Waals surface area contributed by atoms with Crippen LogP contribution in [-0.2, 0) is 16.6 Å². The van der Waals surface area contributed by atoms with Crippen LogP contribution in [0.25, 0.3) is 11.0 Å². The lowest BCUT2D eigenvalue weighted by molar-refractivity contribution is -0.383. The van der Waals surface area contributed by atoms with Crippen molar-refractivity contribution in [2.75, 3.05) is 13.1 Å². The molecule has 1 aromatic carbocycles. The second kappa shape index (κ2) is 6.01. The predicted octanol–water partition coefficient (Wildman–Crippen LogP) is 1.99. The SMILES string of the molecule is CCN(CC)S(=O)(=O)c1nc2c([N+](=O)[O-])cccc2n1CC. The fourth-order valence-corrected chi connectivity index (χ4v) is 4.06. The maximum absolute atomic E-state index is 12.7. The Labute approximate surface area is 128 Å². The molecule has 0 fully saturated rings. The fraction of sp³-hybridized carbons (Fsp3) is 0.462. The molecular weight excluding hydrogens is 308 g/mol. The number of sulfonamides is 1. The number of hydrogen-bond acceptors (Lipinski definition) is 5. The smallest absolute Gasteiger partial charge is 0.297 e. The normalized spacial score (nSPS) is 12.2. The van der Waals surface area contributed by atoms with Gasteiger partial charge in [-0.1, -0.05) is 19.9 Å². The zero-order valence-electron chi connectivity index (χ0n) is 12.7. The number of fused-ring (bicyclic) bond motifs is 1. The van der Waals surface area contributed by atoms with Gasteiger partial charge in [-0.2, -0.15) is 4.31 Å². The summed E-state index contributed by atoms with van der Waals surface area (Å²) in [7, 11) is -3.79. The van der Waals surface area contributed by atoms with Crippen LogP contribution in [0.4, 0.5) is 5.69 Å². The maximum Gasteiger partial charge on any atom is 0.297 e. The minimum absolute atomic E-state index is 0.0973. The lowest BCUT2D eigenvalue weighted by Gasteiger charge is -2.18. The highest BCUT2D eigenvalue weighted by Crippen LogP contribution is 2.28. The van der Waals surface area contributed by atoms with Crippen molar-refractivity contribution in [3.63, 3.8) is 0 Å². The zero-order chi connectivity index (χ0) is 16.5. The van der Waals surface area contributed by atoms with Crippen molar-refractivity contribution in [3.05, 3.63) is 28.3 Å². The summed E-state index contributed by atoms with van der Waals surface area (Å²) < 4.78 is 28.2. The first-order chi connectivity index (χ1) is 10.4. The lowest BCUT2D eigenvalue weighted by Crippen LogP contribution is -2.32. The monoisotopic (exact) mass is 326 g/mol. The summed E-state index contributed by atoms with van der Waals surface area (Å²) in [6, 6.07) is 4.49. The highest BCUT2D eigenvalue weighted by molar-refractivity contribution is 7.89. The molecular formula is C13H18N4O4S. The van der Waals surface area contributed by atoms with E-state index in [4.69, 9.17) is 0 Å². The Morgan fingerprint density at radius 2 is 1.91 bits per heavy atom. The highest BCUT2D eigenvalue weighted by atomic mass is 32.2. The van der Waals surface area contributed by atoms with Crippen LogP contribution in [0.5, 0.6) is 0 Å². The van der Waals surface area contributed by atoms with Crippen molar-refractivity contribution < 1.29 is 13.3 Å². The number of rotatable bonds is 6. The standard InChI is InChI=1S/C13H18N4O4S/c1-4-15(5-2)22(20,21)13-14-12-10(16(13)6-3)8-7-9-11(12)17(18)19/h7-9H,4-6H2,1-3H3. The van der Waals surface area contributed by atoms with Crippen molar-refractivity contribution in [1.82, 2.24) is 13.9 Å². The molecule has 0 amide bonds. The molecule has 0 aliphatic rings. The van der Waals surface area contributed by atoms with Gasteiger partial charge in [0.1, 0.15) is 0 Å². The lowest BCUT2D eigenvalue weighted by atomic mass is 10.2. The van der Waals surface area contributed by atoms with Crippen molar-refractivity contribution >= 4 is 26.7 Å². The van der Waals surface area contributed by atoms with Crippen LogP contribution in [0.3, 0.4) is 0 Å². The first kappa shape index (κ1) is 16.4. The van der Waals surface area contributed by atoms with Crippen molar-refractivity contribution in [3.8, 4) is 0 Å². The number of benzene rings is 1. The average molecular weight is 326 g/mol. The molecule has 2 aromatic rings. The number of nitro benzene ring substituents is 1. The van der Waals surface area contributed by atoms with E-state index in [0.29, 0.717) is 25.2 Å². The Kier molecular flexibility index (Phi) is 4.47. The van der Waals surface area contributed by atoms with E-state index in [1.807, 2.05) is 0 Å². The van der Waals surface area contributed by atoms with E-state index in [2.05, 4.69) is 4.98 Å². The molecule has 0 saturated carbocycles. The van der Waals surface area contributed by atoms with Crippen LogP contribution >= 0.6 is 0 Å². The number of para-hydroxylation sites is 1. The Hall–Kier alpha value is -2.00. The molecule has 9 heteroatoms. The van der Waals surface area contributed by atoms with Crippen LogP contribution in [0.2, 0.25) is 0 Å². The van der Waals surface area contributed by atoms with Gasteiger partial charge >= 0.3 is 0 Å². The van der Waals surface area contributed by atoms with Crippen LogP contribution in [0, 0.1) is 10.1 Å². The van der Waals surface area contributed by atoms with Crippen molar-refractivity contribution in [1.29, 1.82) is 0 Å². The number of non-ortho nitro benzene ring substituents is 1. The summed E-state index contributed by atoms with van der Waals surface area (Å²) in [5.41, 5.74) is 0.350. The number of nitro groups is 1. The van der Waals surface area contributed by atoms with E-state index in [-0.39, 0.29) is 16.4 Å². The van der Waals surface area contributed by atoms with E-state index in [1.165, 1.54) is 21.0 Å². The topological polar surface area (TPSA) is 98.3 Å². The van der Waals surface area contributed by atoms with E-state index in [1.54, 1.807) is 26.8 Å². The Morgan fingerprint density at radius 1 is 1.27 bits per heavy atom. The van der Waals surface area contributed by atoms with Crippen LogP contribution < -0.4 is 0 Å². The molecule has 2 rings (SSSR count). The van der Waals surface area contributed by atoms with Crippen LogP contribution in [0.1, 0.15) is 20.8 Å². The molecule has 0 aliphatic carbocycles. The third kappa shape index (κ3) is 2.46. The Bertz CT molecular complexity index is 809. The van der Waals surface area contributed by atoms with Gasteiger partial charge in [0.25, 0.3) is 15.7 Å². The Balaban J connectivity index is 2.80. The Morgan fingerprint density at radius 3 is 2.41 bits per heavy atom. The molecule has 0 radical (unpaired) electrons. The van der Waals surface area contributed by atoms with Gasteiger partial charge in [-0.05, 0) is 13.0 Å². The van der Waals surface area contributed by atoms with E-state index >= 15 is 0 Å². The van der Waals surface area contributed by atoms with Gasteiger partial charge in [-0.3, -0.25) is 10.1 Å². The number of aryl methyl sites for hydroxylation is 1. The number of hydrogen-bond donors (Lipinski definition) is 0. The molecule has 8 nitrogen and oxygen atoms in total. The maximum atomic E-state index is 12.7. The fourth-order valence-electron chi connectivity index (χ4n) is 2.44. The summed E-state index contributed by atoms with van der Waals surface area (Å²) in [6.45, 7) is 6.24. The molecule has 0 saturated heterocycles. The van der Waals surface area contributed by atoms with Gasteiger partial charge in [0, 0.05) is 25.7 Å². The predicted molar refractivity (Wildman–Crippen MR) is 82.2 cm³/mol. The van der Waals surface area contributed by atoms with Crippen LogP contribution in [-0.4, -0.2) is 40.3 Å². The third-order valence-corrected chi connectivity index (χ3v) is 5.48. The summed E-state index contributed by atoms with van der Waals surface area (Å²) in [6.07, 6.45) is 0. The first-order valence-electron chi connectivity index (χ1n) is 7.02. The quantitative estimate of drug-likeness (QED) is 0.597. The van der Waals surface area contributed by atoms with Crippen molar-refractivity contribution in [2.45, 2.75) is 32.5 Å². The van der Waals surface area contributed by atoms with Gasteiger partial charge in [0.05, 0.1) is 10.4 Å². The molecule has 0 unspecified atom stereocenters. The summed E-state index contributed by atoms with van der Waals surface area (Å²) >= 11 is 0. The minimum atomic E-state index is -3.79. The van der Waals surface area contributed by atoms with E-state index in [0.717, 1.165) is 0 Å². The molecule has 0 spiro atoms.